The number of nitrogens with one attached hydrogen (secondary N) is 2. The molecule has 0 bridgehead atoms. The molecule has 7 nitrogen and oxygen atoms in total. The van der Waals surface area contributed by atoms with E-state index in [0.717, 1.165) is 16.8 Å². The molecule has 160 valence electrons. The number of anilines is 1. The van der Waals surface area contributed by atoms with Crippen LogP contribution in [0.5, 0.6) is 0 Å². The highest BCUT2D eigenvalue weighted by molar-refractivity contribution is 7.99. The largest absolute Gasteiger partial charge is 0.332 e. The number of H-pyrrole nitrogens is 1. The summed E-state index contributed by atoms with van der Waals surface area (Å²) in [6, 6.07) is 21.3. The molecule has 3 aromatic carbocycles. The number of hydrogen-bond acceptors (Lipinski definition) is 5. The number of hydrogen-bond donors (Lipinski definition) is 2. The van der Waals surface area contributed by atoms with Gasteiger partial charge in [0.15, 0.2) is 5.16 Å². The van der Waals surface area contributed by atoms with Gasteiger partial charge in [-0.2, -0.15) is 0 Å². The normalized spacial score (nSPS) is 10.7. The second kappa shape index (κ2) is 9.44. The van der Waals surface area contributed by atoms with Gasteiger partial charge in [0.2, 0.25) is 5.91 Å². The second-order valence-electron chi connectivity index (χ2n) is 6.78. The van der Waals surface area contributed by atoms with Crippen LogP contribution < -0.4 is 5.32 Å². The Balaban J connectivity index is 1.50. The van der Waals surface area contributed by atoms with E-state index in [1.807, 2.05) is 30.3 Å². The Morgan fingerprint density at radius 1 is 1.00 bits per heavy atom. The van der Waals surface area contributed by atoms with Gasteiger partial charge >= 0.3 is 0 Å². The lowest BCUT2D eigenvalue weighted by molar-refractivity contribution is -0.384. The predicted molar refractivity (Wildman–Crippen MR) is 122 cm³/mol. The van der Waals surface area contributed by atoms with Crippen molar-refractivity contribution in [3.63, 3.8) is 0 Å². The van der Waals surface area contributed by atoms with Gasteiger partial charge in [-0.1, -0.05) is 42.1 Å². The molecule has 4 rings (SSSR count). The van der Waals surface area contributed by atoms with Crippen LogP contribution >= 0.6 is 11.8 Å². The average Bonchev–Trinajstić information content (AvgIpc) is 3.23. The number of imidazole rings is 1. The van der Waals surface area contributed by atoms with Gasteiger partial charge < -0.3 is 10.3 Å². The molecule has 0 aliphatic heterocycles. The highest BCUT2D eigenvalue weighted by Gasteiger charge is 2.16. The summed E-state index contributed by atoms with van der Waals surface area (Å²) in [7, 11) is 0. The first-order valence-electron chi connectivity index (χ1n) is 9.58. The summed E-state index contributed by atoms with van der Waals surface area (Å²) >= 11 is 1.22. The minimum Gasteiger partial charge on any atom is -0.332 e. The standard InChI is InChI=1S/C23H17FN4O3S/c24-17-8-6-16(7-9-17)22-21(15-4-2-1-3-5-15)26-23(27-22)32-14-20(29)25-18-10-12-19(13-11-18)28(30)31/h1-13H,14H2,(H,25,29)(H,26,27). The van der Waals surface area contributed by atoms with E-state index in [2.05, 4.69) is 15.3 Å². The van der Waals surface area contributed by atoms with Crippen molar-refractivity contribution in [3.05, 3.63) is 94.8 Å². The summed E-state index contributed by atoms with van der Waals surface area (Å²) in [6.45, 7) is 0. The first kappa shape index (κ1) is 21.3. The zero-order valence-electron chi connectivity index (χ0n) is 16.6. The van der Waals surface area contributed by atoms with Gasteiger partial charge in [-0.3, -0.25) is 14.9 Å². The molecule has 0 unspecified atom stereocenters. The molecule has 32 heavy (non-hydrogen) atoms. The SMILES string of the molecule is O=C(CSc1nc(-c2ccccc2)c(-c2ccc(F)cc2)[nH]1)Nc1ccc([N+](=O)[O-])cc1. The number of carbonyl (C=O) groups excluding carboxylic acids is 1. The number of halogens is 1. The number of non-ortho nitro benzene ring substituents is 1. The van der Waals surface area contributed by atoms with Gasteiger partial charge in [0.1, 0.15) is 5.82 Å². The van der Waals surface area contributed by atoms with Crippen LogP contribution in [0, 0.1) is 15.9 Å². The number of benzene rings is 3. The number of aromatic nitrogens is 2. The van der Waals surface area contributed by atoms with E-state index >= 15 is 0 Å². The van der Waals surface area contributed by atoms with E-state index in [9.17, 15) is 19.3 Å². The van der Waals surface area contributed by atoms with E-state index in [1.54, 1.807) is 12.1 Å². The number of rotatable bonds is 7. The van der Waals surface area contributed by atoms with Crippen molar-refractivity contribution in [1.29, 1.82) is 0 Å². The van der Waals surface area contributed by atoms with Crippen LogP contribution in [0.1, 0.15) is 0 Å². The number of nitro groups is 1. The zero-order valence-corrected chi connectivity index (χ0v) is 17.4. The molecule has 2 N–H and O–H groups in total. The van der Waals surface area contributed by atoms with E-state index < -0.39 is 4.92 Å². The summed E-state index contributed by atoms with van der Waals surface area (Å²) in [5.74, 6) is -0.515. The molecule has 0 saturated carbocycles. The quantitative estimate of drug-likeness (QED) is 0.220. The molecule has 0 aliphatic carbocycles. The van der Waals surface area contributed by atoms with Gasteiger partial charge in [-0.15, -0.1) is 0 Å². The lowest BCUT2D eigenvalue weighted by Crippen LogP contribution is -2.14. The Labute approximate surface area is 186 Å². The molecular weight excluding hydrogens is 431 g/mol. The summed E-state index contributed by atoms with van der Waals surface area (Å²) in [6.07, 6.45) is 0. The minimum absolute atomic E-state index is 0.0466. The molecule has 1 amide bonds. The van der Waals surface area contributed by atoms with Gasteiger partial charge in [0.05, 0.1) is 22.1 Å². The van der Waals surface area contributed by atoms with Crippen molar-refractivity contribution in [3.8, 4) is 22.5 Å². The van der Waals surface area contributed by atoms with Crippen molar-refractivity contribution >= 4 is 29.0 Å². The molecule has 0 radical (unpaired) electrons. The number of carbonyl (C=O) groups is 1. The second-order valence-corrected chi connectivity index (χ2v) is 7.74. The van der Waals surface area contributed by atoms with E-state index in [1.165, 1.54) is 48.2 Å². The Hall–Kier alpha value is -3.98. The fourth-order valence-corrected chi connectivity index (χ4v) is 3.72. The number of thioether (sulfide) groups is 1. The Morgan fingerprint density at radius 3 is 2.34 bits per heavy atom. The van der Waals surface area contributed by atoms with Crippen molar-refractivity contribution in [2.45, 2.75) is 5.16 Å². The third kappa shape index (κ3) is 5.01. The van der Waals surface area contributed by atoms with Crippen molar-refractivity contribution < 1.29 is 14.1 Å². The Bertz CT molecular complexity index is 1240. The zero-order chi connectivity index (χ0) is 22.5. The molecule has 4 aromatic rings. The van der Waals surface area contributed by atoms with Crippen LogP contribution in [-0.2, 0) is 4.79 Å². The molecule has 0 saturated heterocycles. The average molecular weight is 448 g/mol. The highest BCUT2D eigenvalue weighted by atomic mass is 32.2. The van der Waals surface area contributed by atoms with Gasteiger partial charge in [0, 0.05) is 28.9 Å². The molecule has 0 atom stereocenters. The van der Waals surface area contributed by atoms with Crippen LogP contribution in [0.2, 0.25) is 0 Å². The third-order valence-electron chi connectivity index (χ3n) is 4.56. The van der Waals surface area contributed by atoms with Crippen LogP contribution in [0.15, 0.2) is 84.0 Å². The minimum atomic E-state index is -0.499. The predicted octanol–water partition coefficient (Wildman–Crippen LogP) is 5.52. The fourth-order valence-electron chi connectivity index (χ4n) is 3.05. The highest BCUT2D eigenvalue weighted by Crippen LogP contribution is 2.32. The van der Waals surface area contributed by atoms with Gasteiger partial charge in [-0.05, 0) is 36.4 Å². The molecule has 1 heterocycles. The molecule has 0 spiro atoms. The van der Waals surface area contributed by atoms with E-state index in [4.69, 9.17) is 0 Å². The number of nitro benzene ring substituents is 1. The Morgan fingerprint density at radius 2 is 1.69 bits per heavy atom. The smallest absolute Gasteiger partial charge is 0.269 e. The Kier molecular flexibility index (Phi) is 6.27. The molecule has 0 aliphatic rings. The van der Waals surface area contributed by atoms with Gasteiger partial charge in [-0.25, -0.2) is 9.37 Å². The summed E-state index contributed by atoms with van der Waals surface area (Å²) in [5, 5.41) is 14.0. The number of aromatic amines is 1. The molecular formula is C23H17FN4O3S. The summed E-state index contributed by atoms with van der Waals surface area (Å²) in [5.41, 5.74) is 3.53. The first-order chi connectivity index (χ1) is 15.5. The maximum Gasteiger partial charge on any atom is 0.269 e. The fraction of sp³-hybridized carbons (Fsp3) is 0.0435. The molecule has 9 heteroatoms. The topological polar surface area (TPSA) is 101 Å². The van der Waals surface area contributed by atoms with Crippen LogP contribution in [0.25, 0.3) is 22.5 Å². The maximum atomic E-state index is 13.4. The monoisotopic (exact) mass is 448 g/mol. The van der Waals surface area contributed by atoms with Crippen molar-refractivity contribution in [2.75, 3.05) is 11.1 Å². The summed E-state index contributed by atoms with van der Waals surface area (Å²) < 4.78 is 13.4. The van der Waals surface area contributed by atoms with Crippen molar-refractivity contribution in [2.24, 2.45) is 0 Å². The molecule has 1 aromatic heterocycles. The third-order valence-corrected chi connectivity index (χ3v) is 5.44. The van der Waals surface area contributed by atoms with Crippen LogP contribution in [-0.4, -0.2) is 26.6 Å². The first-order valence-corrected chi connectivity index (χ1v) is 10.6. The van der Waals surface area contributed by atoms with E-state index in [-0.39, 0.29) is 23.2 Å². The maximum absolute atomic E-state index is 13.4. The number of nitrogens with zero attached hydrogens (tertiary/aromatic N) is 2. The van der Waals surface area contributed by atoms with Crippen LogP contribution in [0.4, 0.5) is 15.8 Å². The van der Waals surface area contributed by atoms with Crippen LogP contribution in [0.3, 0.4) is 0 Å². The lowest BCUT2D eigenvalue weighted by Gasteiger charge is -2.04. The summed E-state index contributed by atoms with van der Waals surface area (Å²) in [4.78, 5) is 30.4. The van der Waals surface area contributed by atoms with E-state index in [0.29, 0.717) is 16.5 Å². The number of amides is 1. The van der Waals surface area contributed by atoms with Gasteiger partial charge in [0.25, 0.3) is 5.69 Å². The molecule has 0 fully saturated rings. The lowest BCUT2D eigenvalue weighted by atomic mass is 10.1. The van der Waals surface area contributed by atoms with Crippen molar-refractivity contribution in [1.82, 2.24) is 9.97 Å².